The van der Waals surface area contributed by atoms with Crippen LogP contribution in [0.5, 0.6) is 0 Å². The van der Waals surface area contributed by atoms with E-state index in [0.717, 1.165) is 38.7 Å². The van der Waals surface area contributed by atoms with E-state index in [-0.39, 0.29) is 10.9 Å². The summed E-state index contributed by atoms with van der Waals surface area (Å²) in [4.78, 5) is 26.7. The summed E-state index contributed by atoms with van der Waals surface area (Å²) < 4.78 is 5.57. The van der Waals surface area contributed by atoms with Crippen LogP contribution in [0.4, 0.5) is 4.79 Å². The van der Waals surface area contributed by atoms with Crippen molar-refractivity contribution in [3.63, 3.8) is 0 Å². The second-order valence-corrected chi connectivity index (χ2v) is 7.08. The van der Waals surface area contributed by atoms with Crippen LogP contribution in [0.15, 0.2) is 56.6 Å². The number of carbonyl (C=O) groups is 1. The van der Waals surface area contributed by atoms with Gasteiger partial charge in [0.25, 0.3) is 5.24 Å². The van der Waals surface area contributed by atoms with E-state index in [2.05, 4.69) is 0 Å². The van der Waals surface area contributed by atoms with Gasteiger partial charge in [-0.05, 0) is 43.3 Å². The molecule has 3 aromatic rings. The topological polar surface area (TPSA) is 50.5 Å². The first-order valence-electron chi connectivity index (χ1n) is 7.91. The number of thioether (sulfide) groups is 1. The summed E-state index contributed by atoms with van der Waals surface area (Å²) in [5.74, 6) is 0. The fourth-order valence-electron chi connectivity index (χ4n) is 2.75. The molecule has 5 heteroatoms. The van der Waals surface area contributed by atoms with Crippen molar-refractivity contribution < 1.29 is 9.21 Å². The Hall–Kier alpha value is -2.53. The lowest BCUT2D eigenvalue weighted by molar-refractivity contribution is 0.241. The average molecular weight is 353 g/mol. The van der Waals surface area contributed by atoms with Crippen LogP contribution < -0.4 is 5.63 Å². The smallest absolute Gasteiger partial charge is 0.339 e. The molecule has 3 rings (SSSR count). The molecule has 0 saturated carbocycles. The SMILES string of the molecule is Cc1c(-c2ccccc2)c2ccc(SC(=O)N(C)C)c(C)c2oc1=O. The van der Waals surface area contributed by atoms with Gasteiger partial charge in [-0.1, -0.05) is 30.3 Å². The van der Waals surface area contributed by atoms with Gasteiger partial charge in [0.05, 0.1) is 0 Å². The summed E-state index contributed by atoms with van der Waals surface area (Å²) in [6, 6.07) is 13.6. The van der Waals surface area contributed by atoms with Gasteiger partial charge in [-0.15, -0.1) is 0 Å². The molecule has 0 saturated heterocycles. The van der Waals surface area contributed by atoms with Gasteiger partial charge < -0.3 is 9.32 Å². The largest absolute Gasteiger partial charge is 0.422 e. The number of hydrogen-bond donors (Lipinski definition) is 0. The lowest BCUT2D eigenvalue weighted by Crippen LogP contribution is -2.16. The summed E-state index contributed by atoms with van der Waals surface area (Å²) in [6.45, 7) is 3.65. The third-order valence-corrected chi connectivity index (χ3v) is 5.33. The summed E-state index contributed by atoms with van der Waals surface area (Å²) >= 11 is 1.13. The third kappa shape index (κ3) is 3.20. The van der Waals surface area contributed by atoms with Gasteiger partial charge in [-0.2, -0.15) is 0 Å². The molecule has 0 aliphatic rings. The molecule has 0 aliphatic carbocycles. The Bertz CT molecular complexity index is 1010. The van der Waals surface area contributed by atoms with Crippen LogP contribution in [-0.2, 0) is 0 Å². The highest BCUT2D eigenvalue weighted by molar-refractivity contribution is 8.13. The summed E-state index contributed by atoms with van der Waals surface area (Å²) in [5.41, 5.74) is 3.42. The average Bonchev–Trinajstić information content (AvgIpc) is 2.60. The number of fused-ring (bicyclic) bond motifs is 1. The van der Waals surface area contributed by atoms with Gasteiger partial charge in [0.2, 0.25) is 0 Å². The van der Waals surface area contributed by atoms with Gasteiger partial charge in [0.15, 0.2) is 0 Å². The number of aryl methyl sites for hydroxylation is 1. The van der Waals surface area contributed by atoms with Crippen molar-refractivity contribution >= 4 is 28.0 Å². The highest BCUT2D eigenvalue weighted by Crippen LogP contribution is 2.35. The molecule has 128 valence electrons. The van der Waals surface area contributed by atoms with Crippen molar-refractivity contribution in [1.82, 2.24) is 4.90 Å². The van der Waals surface area contributed by atoms with E-state index >= 15 is 0 Å². The van der Waals surface area contributed by atoms with E-state index in [1.807, 2.05) is 49.4 Å². The van der Waals surface area contributed by atoms with Crippen LogP contribution in [0, 0.1) is 13.8 Å². The normalized spacial score (nSPS) is 10.9. The predicted octanol–water partition coefficient (Wildman–Crippen LogP) is 4.85. The monoisotopic (exact) mass is 353 g/mol. The molecule has 1 heterocycles. The zero-order chi connectivity index (χ0) is 18.1. The van der Waals surface area contributed by atoms with E-state index in [9.17, 15) is 9.59 Å². The van der Waals surface area contributed by atoms with E-state index in [1.165, 1.54) is 4.90 Å². The summed E-state index contributed by atoms with van der Waals surface area (Å²) in [6.07, 6.45) is 0. The highest BCUT2D eigenvalue weighted by atomic mass is 32.2. The molecule has 4 nitrogen and oxygen atoms in total. The van der Waals surface area contributed by atoms with Gasteiger partial charge in [-0.25, -0.2) is 4.79 Å². The molecule has 0 aliphatic heterocycles. The molecule has 0 spiro atoms. The van der Waals surface area contributed by atoms with E-state index in [1.54, 1.807) is 21.0 Å². The highest BCUT2D eigenvalue weighted by Gasteiger charge is 2.17. The van der Waals surface area contributed by atoms with Gasteiger partial charge >= 0.3 is 5.63 Å². The van der Waals surface area contributed by atoms with Gasteiger partial charge in [0, 0.05) is 41.1 Å². The lowest BCUT2D eigenvalue weighted by atomic mass is 9.97. The summed E-state index contributed by atoms with van der Waals surface area (Å²) in [5, 5.41) is 0.808. The van der Waals surface area contributed by atoms with Crippen LogP contribution >= 0.6 is 11.8 Å². The molecular formula is C20H19NO3S. The quantitative estimate of drug-likeness (QED) is 0.488. The third-order valence-electron chi connectivity index (χ3n) is 4.13. The number of nitrogens with zero attached hydrogens (tertiary/aromatic N) is 1. The van der Waals surface area contributed by atoms with Crippen molar-refractivity contribution in [1.29, 1.82) is 0 Å². The standard InChI is InChI=1S/C20H19NO3S/c1-12-16(25-20(23)21(3)4)11-10-15-17(14-8-6-5-7-9-14)13(2)19(22)24-18(12)15/h5-11H,1-4H3. The summed E-state index contributed by atoms with van der Waals surface area (Å²) in [7, 11) is 3.42. The maximum Gasteiger partial charge on any atom is 0.339 e. The van der Waals surface area contributed by atoms with E-state index in [0.29, 0.717) is 11.1 Å². The Balaban J connectivity index is 2.26. The van der Waals surface area contributed by atoms with Crippen molar-refractivity contribution in [2.75, 3.05) is 14.1 Å². The van der Waals surface area contributed by atoms with Gasteiger partial charge in [0.1, 0.15) is 5.58 Å². The molecule has 0 bridgehead atoms. The van der Waals surface area contributed by atoms with Crippen molar-refractivity contribution in [2.24, 2.45) is 0 Å². The first-order chi connectivity index (χ1) is 11.9. The fraction of sp³-hybridized carbons (Fsp3) is 0.200. The second kappa shape index (κ2) is 6.76. The van der Waals surface area contributed by atoms with Crippen molar-refractivity contribution in [3.05, 3.63) is 64.0 Å². The molecule has 25 heavy (non-hydrogen) atoms. The van der Waals surface area contributed by atoms with Crippen LogP contribution in [0.2, 0.25) is 0 Å². The zero-order valence-electron chi connectivity index (χ0n) is 14.6. The van der Waals surface area contributed by atoms with Gasteiger partial charge in [-0.3, -0.25) is 4.79 Å². The fourth-order valence-corrected chi connectivity index (χ4v) is 3.50. The Morgan fingerprint density at radius 2 is 1.68 bits per heavy atom. The number of amides is 1. The predicted molar refractivity (Wildman–Crippen MR) is 102 cm³/mol. The van der Waals surface area contributed by atoms with Crippen molar-refractivity contribution in [2.45, 2.75) is 18.7 Å². The first kappa shape index (κ1) is 17.3. The molecule has 1 amide bonds. The number of hydrogen-bond acceptors (Lipinski definition) is 4. The Morgan fingerprint density at radius 1 is 1.00 bits per heavy atom. The lowest BCUT2D eigenvalue weighted by Gasteiger charge is -2.14. The number of benzene rings is 2. The number of carbonyl (C=O) groups excluding carboxylic acids is 1. The van der Waals surface area contributed by atoms with Crippen LogP contribution in [0.25, 0.3) is 22.1 Å². The minimum Gasteiger partial charge on any atom is -0.422 e. The minimum atomic E-state index is -0.351. The molecule has 0 N–H and O–H groups in total. The number of rotatable bonds is 2. The van der Waals surface area contributed by atoms with E-state index in [4.69, 9.17) is 4.42 Å². The Kier molecular flexibility index (Phi) is 4.68. The molecular weight excluding hydrogens is 334 g/mol. The van der Waals surface area contributed by atoms with Crippen LogP contribution in [-0.4, -0.2) is 24.2 Å². The van der Waals surface area contributed by atoms with Crippen molar-refractivity contribution in [3.8, 4) is 11.1 Å². The molecule has 1 aromatic heterocycles. The zero-order valence-corrected chi connectivity index (χ0v) is 15.4. The second-order valence-electron chi connectivity index (χ2n) is 6.08. The molecule has 0 atom stereocenters. The molecule has 2 aromatic carbocycles. The maximum atomic E-state index is 12.4. The Labute approximate surface area is 150 Å². The molecule has 0 unspecified atom stereocenters. The Morgan fingerprint density at radius 3 is 2.32 bits per heavy atom. The maximum absolute atomic E-state index is 12.4. The molecule has 0 radical (unpaired) electrons. The minimum absolute atomic E-state index is 0.0693. The van der Waals surface area contributed by atoms with E-state index < -0.39 is 0 Å². The van der Waals surface area contributed by atoms with Crippen LogP contribution in [0.3, 0.4) is 0 Å². The first-order valence-corrected chi connectivity index (χ1v) is 8.73. The molecule has 0 fully saturated rings. The van der Waals surface area contributed by atoms with Crippen LogP contribution in [0.1, 0.15) is 11.1 Å².